The lowest BCUT2D eigenvalue weighted by atomic mass is 10.1. The Kier molecular flexibility index (Phi) is 2.73. The molecule has 0 fully saturated rings. The van der Waals surface area contributed by atoms with E-state index in [1.165, 1.54) is 18.2 Å². The van der Waals surface area contributed by atoms with E-state index in [4.69, 9.17) is 5.73 Å². The largest absolute Gasteiger partial charge is 0.326 e. The summed E-state index contributed by atoms with van der Waals surface area (Å²) in [6, 6.07) is 3.64. The molecule has 0 aliphatic heterocycles. The van der Waals surface area contributed by atoms with Gasteiger partial charge in [0.05, 0.1) is 9.85 Å². The first kappa shape index (κ1) is 10.1. The Balaban J connectivity index is 3.39. The van der Waals surface area contributed by atoms with Gasteiger partial charge in [0.2, 0.25) is 0 Å². The van der Waals surface area contributed by atoms with E-state index >= 15 is 0 Å². The van der Waals surface area contributed by atoms with E-state index in [0.717, 1.165) is 0 Å². The summed E-state index contributed by atoms with van der Waals surface area (Å²) in [6.45, 7) is -0.229. The lowest BCUT2D eigenvalue weighted by Gasteiger charge is -2.00. The first-order valence-corrected chi connectivity index (χ1v) is 3.68. The zero-order valence-electron chi connectivity index (χ0n) is 7.04. The van der Waals surface area contributed by atoms with Gasteiger partial charge in [-0.1, -0.05) is 0 Å². The molecular weight excluding hydrogens is 190 g/mol. The zero-order chi connectivity index (χ0) is 10.7. The number of benzene rings is 1. The smallest absolute Gasteiger partial charge is 0.280 e. The van der Waals surface area contributed by atoms with Gasteiger partial charge in [0.25, 0.3) is 11.4 Å². The molecule has 2 N–H and O–H groups in total. The minimum Gasteiger partial charge on any atom is -0.326 e. The third-order valence-corrected chi connectivity index (χ3v) is 1.72. The van der Waals surface area contributed by atoms with Crippen LogP contribution in [0.25, 0.3) is 0 Å². The number of nitro benzene ring substituents is 2. The molecule has 74 valence electrons. The predicted octanol–water partition coefficient (Wildman–Crippen LogP) is 0.962. The van der Waals surface area contributed by atoms with Crippen molar-refractivity contribution in [1.82, 2.24) is 0 Å². The Hall–Kier alpha value is -2.02. The maximum absolute atomic E-state index is 10.5. The van der Waals surface area contributed by atoms with E-state index in [0.29, 0.717) is 0 Å². The quantitative estimate of drug-likeness (QED) is 0.572. The fraction of sp³-hybridized carbons (Fsp3) is 0.143. The van der Waals surface area contributed by atoms with Crippen LogP contribution in [0, 0.1) is 20.2 Å². The van der Waals surface area contributed by atoms with Crippen molar-refractivity contribution in [3.8, 4) is 0 Å². The summed E-state index contributed by atoms with van der Waals surface area (Å²) in [5.41, 5.74) is 4.53. The topological polar surface area (TPSA) is 112 Å². The predicted molar refractivity (Wildman–Crippen MR) is 47.6 cm³/mol. The second-order valence-corrected chi connectivity index (χ2v) is 2.49. The summed E-state index contributed by atoms with van der Waals surface area (Å²) >= 11 is 0. The number of nitrogens with zero attached hydrogens (tertiary/aromatic N) is 2. The third-order valence-electron chi connectivity index (χ3n) is 1.72. The highest BCUT2D eigenvalue weighted by Gasteiger charge is 2.22. The Morgan fingerprint density at radius 3 is 1.86 bits per heavy atom. The van der Waals surface area contributed by atoms with Crippen LogP contribution in [0.5, 0.6) is 0 Å². The van der Waals surface area contributed by atoms with Crippen molar-refractivity contribution in [3.63, 3.8) is 0 Å². The molecule has 0 saturated carbocycles. The molecule has 0 aromatic heterocycles. The van der Waals surface area contributed by atoms with Gasteiger partial charge >= 0.3 is 0 Å². The highest BCUT2D eigenvalue weighted by Crippen LogP contribution is 2.27. The maximum atomic E-state index is 10.5. The summed E-state index contributed by atoms with van der Waals surface area (Å²) in [7, 11) is 0. The van der Waals surface area contributed by atoms with Gasteiger partial charge in [-0.25, -0.2) is 0 Å². The van der Waals surface area contributed by atoms with E-state index in [1.807, 2.05) is 0 Å². The summed E-state index contributed by atoms with van der Waals surface area (Å²) in [5.74, 6) is 0. The number of rotatable bonds is 3. The summed E-state index contributed by atoms with van der Waals surface area (Å²) in [6.07, 6.45) is 0. The van der Waals surface area contributed by atoms with E-state index in [2.05, 4.69) is 0 Å². The van der Waals surface area contributed by atoms with Crippen LogP contribution in [0.3, 0.4) is 0 Å². The summed E-state index contributed by atoms with van der Waals surface area (Å²) in [5, 5.41) is 21.0. The maximum Gasteiger partial charge on any atom is 0.280 e. The average molecular weight is 197 g/mol. The molecule has 14 heavy (non-hydrogen) atoms. The first-order chi connectivity index (χ1) is 6.57. The van der Waals surface area contributed by atoms with E-state index in [1.54, 1.807) is 0 Å². The number of hydrogen-bond donors (Lipinski definition) is 1. The molecule has 0 aliphatic rings. The van der Waals surface area contributed by atoms with Crippen LogP contribution in [-0.2, 0) is 6.54 Å². The van der Waals surface area contributed by atoms with Gasteiger partial charge in [0.15, 0.2) is 0 Å². The molecule has 1 rings (SSSR count). The molecule has 0 radical (unpaired) electrons. The Morgan fingerprint density at radius 2 is 1.57 bits per heavy atom. The van der Waals surface area contributed by atoms with E-state index < -0.39 is 9.85 Å². The molecule has 1 aromatic carbocycles. The standard InChI is InChI=1S/C7H7N3O4/c8-4-5-6(9(11)12)2-1-3-7(5)10(13)14/h1-3H,4,8H2. The van der Waals surface area contributed by atoms with Gasteiger partial charge in [-0.2, -0.15) is 0 Å². The molecule has 7 nitrogen and oxygen atoms in total. The van der Waals surface area contributed by atoms with Gasteiger partial charge in [-0.3, -0.25) is 20.2 Å². The van der Waals surface area contributed by atoms with Crippen LogP contribution in [0.1, 0.15) is 5.56 Å². The minimum absolute atomic E-state index is 0.0532. The lowest BCUT2D eigenvalue weighted by Crippen LogP contribution is -2.05. The van der Waals surface area contributed by atoms with Crippen molar-refractivity contribution in [1.29, 1.82) is 0 Å². The highest BCUT2D eigenvalue weighted by atomic mass is 16.6. The zero-order valence-corrected chi connectivity index (χ0v) is 7.04. The second kappa shape index (κ2) is 3.79. The van der Waals surface area contributed by atoms with Crippen molar-refractivity contribution in [2.24, 2.45) is 5.73 Å². The SMILES string of the molecule is NCc1c([N+](=O)[O-])cccc1[N+](=O)[O-]. The Morgan fingerprint density at radius 1 is 1.14 bits per heavy atom. The molecule has 1 aromatic rings. The van der Waals surface area contributed by atoms with Crippen LogP contribution in [0.15, 0.2) is 18.2 Å². The summed E-state index contributed by atoms with van der Waals surface area (Å²) < 4.78 is 0. The highest BCUT2D eigenvalue weighted by molar-refractivity contribution is 5.53. The van der Waals surface area contributed by atoms with E-state index in [9.17, 15) is 20.2 Å². The van der Waals surface area contributed by atoms with E-state index in [-0.39, 0.29) is 23.5 Å². The number of hydrogen-bond acceptors (Lipinski definition) is 5. The minimum atomic E-state index is -0.685. The van der Waals surface area contributed by atoms with Gasteiger partial charge < -0.3 is 5.73 Å². The molecule has 7 heteroatoms. The van der Waals surface area contributed by atoms with Crippen molar-refractivity contribution >= 4 is 11.4 Å². The molecule has 0 spiro atoms. The Bertz CT molecular complexity index is 358. The molecular formula is C7H7N3O4. The van der Waals surface area contributed by atoms with Crippen LogP contribution >= 0.6 is 0 Å². The van der Waals surface area contributed by atoms with Gasteiger partial charge in [0, 0.05) is 18.7 Å². The van der Waals surface area contributed by atoms with Crippen LogP contribution < -0.4 is 5.73 Å². The molecule has 0 amide bonds. The molecule has 0 atom stereocenters. The lowest BCUT2D eigenvalue weighted by molar-refractivity contribution is -0.395. The van der Waals surface area contributed by atoms with Crippen molar-refractivity contribution in [2.75, 3.05) is 0 Å². The fourth-order valence-corrected chi connectivity index (χ4v) is 1.11. The van der Waals surface area contributed by atoms with Crippen molar-refractivity contribution < 1.29 is 9.85 Å². The third kappa shape index (κ3) is 1.67. The average Bonchev–Trinajstić information content (AvgIpc) is 2.16. The first-order valence-electron chi connectivity index (χ1n) is 3.68. The van der Waals surface area contributed by atoms with Crippen LogP contribution in [0.2, 0.25) is 0 Å². The van der Waals surface area contributed by atoms with Gasteiger partial charge in [-0.05, 0) is 6.07 Å². The Labute approximate surface area is 78.4 Å². The molecule has 0 bridgehead atoms. The van der Waals surface area contributed by atoms with Crippen molar-refractivity contribution in [2.45, 2.75) is 6.54 Å². The van der Waals surface area contributed by atoms with Crippen molar-refractivity contribution in [3.05, 3.63) is 44.0 Å². The second-order valence-electron chi connectivity index (χ2n) is 2.49. The van der Waals surface area contributed by atoms with Gasteiger partial charge in [0.1, 0.15) is 5.56 Å². The monoisotopic (exact) mass is 197 g/mol. The fourth-order valence-electron chi connectivity index (χ4n) is 1.11. The van der Waals surface area contributed by atoms with Crippen LogP contribution in [0.4, 0.5) is 11.4 Å². The summed E-state index contributed by atoms with van der Waals surface area (Å²) in [4.78, 5) is 19.6. The number of nitrogens with two attached hydrogens (primary N) is 1. The number of nitro groups is 2. The normalized spacial score (nSPS) is 9.79. The molecule has 0 saturated heterocycles. The van der Waals surface area contributed by atoms with Crippen LogP contribution in [-0.4, -0.2) is 9.85 Å². The molecule has 0 aliphatic carbocycles. The molecule has 0 unspecified atom stereocenters. The molecule has 0 heterocycles. The van der Waals surface area contributed by atoms with Gasteiger partial charge in [-0.15, -0.1) is 0 Å².